The highest BCUT2D eigenvalue weighted by Crippen LogP contribution is 2.25. The molecular formula is C15H19ClN2O2S. The first kappa shape index (κ1) is 16.2. The van der Waals surface area contributed by atoms with Gasteiger partial charge in [0, 0.05) is 23.0 Å². The van der Waals surface area contributed by atoms with E-state index in [9.17, 15) is 8.42 Å². The average molecular weight is 327 g/mol. The Hall–Kier alpha value is -1.17. The van der Waals surface area contributed by atoms with Crippen LogP contribution in [0, 0.1) is 0 Å². The van der Waals surface area contributed by atoms with Crippen LogP contribution < -0.4 is 4.72 Å². The third-order valence-corrected chi connectivity index (χ3v) is 6.00. The summed E-state index contributed by atoms with van der Waals surface area (Å²) in [5.74, 6) is 0.238. The summed E-state index contributed by atoms with van der Waals surface area (Å²) in [5, 5.41) is 0.614. The number of hydrogen-bond donors (Lipinski definition) is 1. The number of sulfonamides is 1. The number of halogens is 1. The molecule has 0 fully saturated rings. The molecule has 1 heterocycles. The summed E-state index contributed by atoms with van der Waals surface area (Å²) >= 11 is 6.00. The number of benzene rings is 1. The van der Waals surface area contributed by atoms with Gasteiger partial charge in [-0.05, 0) is 37.1 Å². The fourth-order valence-corrected chi connectivity index (χ4v) is 4.54. The first-order valence-electron chi connectivity index (χ1n) is 6.91. The molecule has 0 saturated heterocycles. The van der Waals surface area contributed by atoms with Crippen LogP contribution in [0.5, 0.6) is 0 Å². The predicted octanol–water partition coefficient (Wildman–Crippen LogP) is 3.31. The molecule has 1 aromatic carbocycles. The number of pyridine rings is 1. The molecule has 1 N–H and O–H groups in total. The Bertz CT molecular complexity index is 714. The Morgan fingerprint density at radius 1 is 1.19 bits per heavy atom. The second-order valence-electron chi connectivity index (χ2n) is 5.05. The van der Waals surface area contributed by atoms with Gasteiger partial charge in [0.2, 0.25) is 10.0 Å². The van der Waals surface area contributed by atoms with Gasteiger partial charge in [0.1, 0.15) is 0 Å². The standard InChI is InChI=1S/C15H19ClN2O2S/c1-3-15(4-2,11-16)18-21(19,20)14-9-5-8-13-12(14)7-6-10-17-13/h5-10,18H,3-4,11H2,1-2H3. The predicted molar refractivity (Wildman–Crippen MR) is 86.1 cm³/mol. The number of nitrogens with zero attached hydrogens (tertiary/aromatic N) is 1. The molecule has 0 atom stereocenters. The molecule has 0 spiro atoms. The van der Waals surface area contributed by atoms with Gasteiger partial charge in [-0.3, -0.25) is 4.98 Å². The lowest BCUT2D eigenvalue weighted by molar-refractivity contribution is 0.394. The summed E-state index contributed by atoms with van der Waals surface area (Å²) < 4.78 is 28.3. The molecule has 0 aliphatic carbocycles. The van der Waals surface area contributed by atoms with E-state index in [1.54, 1.807) is 36.5 Å². The maximum atomic E-state index is 12.7. The zero-order chi connectivity index (χ0) is 15.5. The minimum atomic E-state index is -3.66. The summed E-state index contributed by atoms with van der Waals surface area (Å²) in [6.07, 6.45) is 2.91. The van der Waals surface area contributed by atoms with Crippen molar-refractivity contribution >= 4 is 32.5 Å². The van der Waals surface area contributed by atoms with Crippen molar-refractivity contribution in [3.05, 3.63) is 36.5 Å². The van der Waals surface area contributed by atoms with Crippen LogP contribution >= 0.6 is 11.6 Å². The van der Waals surface area contributed by atoms with Gasteiger partial charge in [0.15, 0.2) is 0 Å². The third kappa shape index (κ3) is 3.20. The summed E-state index contributed by atoms with van der Waals surface area (Å²) in [6, 6.07) is 8.58. The second kappa shape index (κ2) is 6.30. The summed E-state index contributed by atoms with van der Waals surface area (Å²) in [4.78, 5) is 4.43. The van der Waals surface area contributed by atoms with Crippen LogP contribution in [-0.4, -0.2) is 24.8 Å². The molecule has 2 rings (SSSR count). The molecule has 0 radical (unpaired) electrons. The first-order valence-corrected chi connectivity index (χ1v) is 8.93. The van der Waals surface area contributed by atoms with Gasteiger partial charge in [-0.2, -0.15) is 0 Å². The Labute approximate surface area is 130 Å². The van der Waals surface area contributed by atoms with Crippen LogP contribution in [0.1, 0.15) is 26.7 Å². The van der Waals surface area contributed by atoms with Crippen molar-refractivity contribution in [2.45, 2.75) is 37.1 Å². The Balaban J connectivity index is 2.52. The van der Waals surface area contributed by atoms with Crippen LogP contribution in [0.3, 0.4) is 0 Å². The van der Waals surface area contributed by atoms with Gasteiger partial charge >= 0.3 is 0 Å². The molecule has 0 saturated carbocycles. The van der Waals surface area contributed by atoms with Gasteiger partial charge in [-0.15, -0.1) is 11.6 Å². The van der Waals surface area contributed by atoms with E-state index in [-0.39, 0.29) is 10.8 Å². The average Bonchev–Trinajstić information content (AvgIpc) is 2.52. The highest BCUT2D eigenvalue weighted by Gasteiger charge is 2.32. The second-order valence-corrected chi connectivity index (χ2v) is 6.97. The van der Waals surface area contributed by atoms with Crippen LogP contribution in [0.4, 0.5) is 0 Å². The van der Waals surface area contributed by atoms with Crippen molar-refractivity contribution in [3.63, 3.8) is 0 Å². The SMILES string of the molecule is CCC(CC)(CCl)NS(=O)(=O)c1cccc2ncccc12. The number of fused-ring (bicyclic) bond motifs is 1. The van der Waals surface area contributed by atoms with E-state index in [4.69, 9.17) is 11.6 Å². The molecular weight excluding hydrogens is 308 g/mol. The third-order valence-electron chi connectivity index (χ3n) is 3.86. The van der Waals surface area contributed by atoms with Crippen LogP contribution in [-0.2, 0) is 10.0 Å². The van der Waals surface area contributed by atoms with Crippen LogP contribution in [0.2, 0.25) is 0 Å². The van der Waals surface area contributed by atoms with E-state index in [0.717, 1.165) is 0 Å². The molecule has 0 aliphatic heterocycles. The van der Waals surface area contributed by atoms with Gasteiger partial charge in [-0.25, -0.2) is 13.1 Å². The van der Waals surface area contributed by atoms with Crippen LogP contribution in [0.25, 0.3) is 10.9 Å². The number of rotatable bonds is 6. The Morgan fingerprint density at radius 2 is 1.90 bits per heavy atom. The zero-order valence-corrected chi connectivity index (χ0v) is 13.7. The van der Waals surface area contributed by atoms with Crippen molar-refractivity contribution < 1.29 is 8.42 Å². The van der Waals surface area contributed by atoms with Crippen molar-refractivity contribution in [2.75, 3.05) is 5.88 Å². The number of alkyl halides is 1. The molecule has 0 amide bonds. The maximum Gasteiger partial charge on any atom is 0.241 e. The molecule has 0 unspecified atom stereocenters. The molecule has 6 heteroatoms. The van der Waals surface area contributed by atoms with Gasteiger partial charge < -0.3 is 0 Å². The lowest BCUT2D eigenvalue weighted by atomic mass is 9.97. The fourth-order valence-electron chi connectivity index (χ4n) is 2.26. The van der Waals surface area contributed by atoms with E-state index < -0.39 is 15.6 Å². The number of hydrogen-bond acceptors (Lipinski definition) is 3. The largest absolute Gasteiger partial charge is 0.256 e. The fraction of sp³-hybridized carbons (Fsp3) is 0.400. The zero-order valence-electron chi connectivity index (χ0n) is 12.1. The maximum absolute atomic E-state index is 12.7. The molecule has 1 aromatic heterocycles. The highest BCUT2D eigenvalue weighted by atomic mass is 35.5. The Kier molecular flexibility index (Phi) is 4.86. The van der Waals surface area contributed by atoms with E-state index in [1.807, 2.05) is 13.8 Å². The topological polar surface area (TPSA) is 59.1 Å². The molecule has 2 aromatic rings. The minimum absolute atomic E-state index is 0.238. The number of aromatic nitrogens is 1. The molecule has 0 bridgehead atoms. The lowest BCUT2D eigenvalue weighted by Crippen LogP contribution is -2.49. The minimum Gasteiger partial charge on any atom is -0.256 e. The summed E-state index contributed by atoms with van der Waals surface area (Å²) in [7, 11) is -3.66. The molecule has 4 nitrogen and oxygen atoms in total. The monoisotopic (exact) mass is 326 g/mol. The Morgan fingerprint density at radius 3 is 2.52 bits per heavy atom. The molecule has 21 heavy (non-hydrogen) atoms. The first-order chi connectivity index (χ1) is 9.98. The van der Waals surface area contributed by atoms with Crippen molar-refractivity contribution in [3.8, 4) is 0 Å². The van der Waals surface area contributed by atoms with E-state index in [0.29, 0.717) is 23.7 Å². The van der Waals surface area contributed by atoms with Crippen LogP contribution in [0.15, 0.2) is 41.4 Å². The normalized spacial score (nSPS) is 12.7. The molecule has 0 aliphatic rings. The number of nitrogens with one attached hydrogen (secondary N) is 1. The van der Waals surface area contributed by atoms with Crippen molar-refractivity contribution in [2.24, 2.45) is 0 Å². The molecule has 114 valence electrons. The summed E-state index contributed by atoms with van der Waals surface area (Å²) in [5.41, 5.74) is 0.0370. The van der Waals surface area contributed by atoms with Gasteiger partial charge in [0.05, 0.1) is 10.4 Å². The van der Waals surface area contributed by atoms with E-state index in [2.05, 4.69) is 9.71 Å². The van der Waals surface area contributed by atoms with Gasteiger partial charge in [-0.1, -0.05) is 19.9 Å². The quantitative estimate of drug-likeness (QED) is 0.828. The van der Waals surface area contributed by atoms with E-state index in [1.165, 1.54) is 0 Å². The highest BCUT2D eigenvalue weighted by molar-refractivity contribution is 7.89. The van der Waals surface area contributed by atoms with E-state index >= 15 is 0 Å². The summed E-state index contributed by atoms with van der Waals surface area (Å²) in [6.45, 7) is 3.86. The lowest BCUT2D eigenvalue weighted by Gasteiger charge is -2.30. The van der Waals surface area contributed by atoms with Crippen molar-refractivity contribution in [1.82, 2.24) is 9.71 Å². The smallest absolute Gasteiger partial charge is 0.241 e. The van der Waals surface area contributed by atoms with Gasteiger partial charge in [0.25, 0.3) is 0 Å². The van der Waals surface area contributed by atoms with Crippen molar-refractivity contribution in [1.29, 1.82) is 0 Å².